The first-order chi connectivity index (χ1) is 12.7. The zero-order chi connectivity index (χ0) is 17.8. The third-order valence-corrected chi connectivity index (χ3v) is 5.47. The predicted molar refractivity (Wildman–Crippen MR) is 108 cm³/mol. The Morgan fingerprint density at radius 2 is 1.42 bits per heavy atom. The third kappa shape index (κ3) is 3.57. The molecule has 3 aromatic rings. The van der Waals surface area contributed by atoms with Crippen molar-refractivity contribution in [3.63, 3.8) is 0 Å². The first kappa shape index (κ1) is 17.0. The standard InChI is InChI=1S/C24H26N2/c1-24(22-15-9-4-10-16-22)19-26(18-20-11-5-2-6-12-20)23(17-25-24)21-13-7-3-8-14-21/h2-16,23,25H,17-19H2,1H3. The van der Waals surface area contributed by atoms with E-state index < -0.39 is 0 Å². The van der Waals surface area contributed by atoms with Gasteiger partial charge in [0, 0.05) is 25.7 Å². The van der Waals surface area contributed by atoms with Crippen molar-refractivity contribution in [2.75, 3.05) is 13.1 Å². The molecule has 1 saturated heterocycles. The van der Waals surface area contributed by atoms with Crippen LogP contribution in [0.4, 0.5) is 0 Å². The quantitative estimate of drug-likeness (QED) is 0.736. The number of piperazine rings is 1. The van der Waals surface area contributed by atoms with E-state index in [0.717, 1.165) is 19.6 Å². The van der Waals surface area contributed by atoms with E-state index in [-0.39, 0.29) is 5.54 Å². The maximum absolute atomic E-state index is 3.83. The van der Waals surface area contributed by atoms with Crippen LogP contribution in [0.25, 0.3) is 0 Å². The topological polar surface area (TPSA) is 15.3 Å². The van der Waals surface area contributed by atoms with Crippen LogP contribution in [-0.4, -0.2) is 18.0 Å². The summed E-state index contributed by atoms with van der Waals surface area (Å²) in [4.78, 5) is 2.62. The molecule has 3 aromatic carbocycles. The highest BCUT2D eigenvalue weighted by Crippen LogP contribution is 2.33. The fourth-order valence-corrected chi connectivity index (χ4v) is 4.01. The molecule has 4 rings (SSSR count). The molecule has 0 aliphatic carbocycles. The summed E-state index contributed by atoms with van der Waals surface area (Å²) < 4.78 is 0. The van der Waals surface area contributed by atoms with Crippen LogP contribution < -0.4 is 5.32 Å². The molecule has 132 valence electrons. The van der Waals surface area contributed by atoms with E-state index >= 15 is 0 Å². The van der Waals surface area contributed by atoms with Crippen LogP contribution >= 0.6 is 0 Å². The average Bonchev–Trinajstić information content (AvgIpc) is 2.70. The van der Waals surface area contributed by atoms with Gasteiger partial charge in [0.1, 0.15) is 0 Å². The highest BCUT2D eigenvalue weighted by atomic mass is 15.3. The lowest BCUT2D eigenvalue weighted by Crippen LogP contribution is -2.57. The molecular formula is C24H26N2. The van der Waals surface area contributed by atoms with Gasteiger partial charge in [-0.3, -0.25) is 4.90 Å². The van der Waals surface area contributed by atoms with Gasteiger partial charge in [-0.05, 0) is 23.6 Å². The number of nitrogens with one attached hydrogen (secondary N) is 1. The van der Waals surface area contributed by atoms with E-state index in [2.05, 4.69) is 108 Å². The molecule has 1 fully saturated rings. The van der Waals surface area contributed by atoms with Gasteiger partial charge in [0.2, 0.25) is 0 Å². The van der Waals surface area contributed by atoms with Gasteiger partial charge in [0.15, 0.2) is 0 Å². The van der Waals surface area contributed by atoms with Gasteiger partial charge < -0.3 is 5.32 Å². The van der Waals surface area contributed by atoms with Crippen molar-refractivity contribution in [1.82, 2.24) is 10.2 Å². The van der Waals surface area contributed by atoms with Crippen LogP contribution in [0, 0.1) is 0 Å². The van der Waals surface area contributed by atoms with Crippen LogP contribution in [0.3, 0.4) is 0 Å². The summed E-state index contributed by atoms with van der Waals surface area (Å²) >= 11 is 0. The maximum Gasteiger partial charge on any atom is 0.0535 e. The van der Waals surface area contributed by atoms with Crippen LogP contribution in [0.5, 0.6) is 0 Å². The zero-order valence-corrected chi connectivity index (χ0v) is 15.3. The molecule has 26 heavy (non-hydrogen) atoms. The van der Waals surface area contributed by atoms with Crippen molar-refractivity contribution in [2.24, 2.45) is 0 Å². The highest BCUT2D eigenvalue weighted by Gasteiger charge is 2.37. The Kier molecular flexibility index (Phi) is 4.87. The largest absolute Gasteiger partial charge is 0.305 e. The first-order valence-corrected chi connectivity index (χ1v) is 9.38. The molecule has 0 spiro atoms. The molecule has 1 heterocycles. The normalized spacial score (nSPS) is 23.7. The molecule has 0 aromatic heterocycles. The summed E-state index contributed by atoms with van der Waals surface area (Å²) in [6, 6.07) is 32.9. The maximum atomic E-state index is 3.83. The van der Waals surface area contributed by atoms with Crippen molar-refractivity contribution in [1.29, 1.82) is 0 Å². The van der Waals surface area contributed by atoms with Crippen LogP contribution in [0.1, 0.15) is 29.7 Å². The van der Waals surface area contributed by atoms with Gasteiger partial charge in [-0.25, -0.2) is 0 Å². The summed E-state index contributed by atoms with van der Waals surface area (Å²) in [5.74, 6) is 0. The molecule has 1 aliphatic heterocycles. The Labute approximate surface area is 156 Å². The minimum atomic E-state index is -0.0404. The Balaban J connectivity index is 1.64. The van der Waals surface area contributed by atoms with Crippen molar-refractivity contribution < 1.29 is 0 Å². The van der Waals surface area contributed by atoms with Crippen LogP contribution in [0.15, 0.2) is 91.0 Å². The Bertz CT molecular complexity index is 817. The molecule has 0 radical (unpaired) electrons. The van der Waals surface area contributed by atoms with Gasteiger partial charge in [-0.2, -0.15) is 0 Å². The van der Waals surface area contributed by atoms with E-state index in [1.807, 2.05) is 0 Å². The van der Waals surface area contributed by atoms with E-state index in [0.29, 0.717) is 6.04 Å². The SMILES string of the molecule is CC1(c2ccccc2)CN(Cc2ccccc2)C(c2ccccc2)CN1. The van der Waals surface area contributed by atoms with Crippen molar-refractivity contribution in [3.05, 3.63) is 108 Å². The van der Waals surface area contributed by atoms with Gasteiger partial charge >= 0.3 is 0 Å². The molecule has 1 aliphatic rings. The number of hydrogen-bond donors (Lipinski definition) is 1. The minimum Gasteiger partial charge on any atom is -0.305 e. The summed E-state index contributed by atoms with van der Waals surface area (Å²) in [6.45, 7) is 5.21. The second-order valence-electron chi connectivity index (χ2n) is 7.40. The molecule has 0 bridgehead atoms. The number of rotatable bonds is 4. The van der Waals surface area contributed by atoms with Crippen molar-refractivity contribution in [2.45, 2.75) is 25.0 Å². The van der Waals surface area contributed by atoms with Gasteiger partial charge in [-0.15, -0.1) is 0 Å². The second kappa shape index (κ2) is 7.45. The first-order valence-electron chi connectivity index (χ1n) is 9.38. The fourth-order valence-electron chi connectivity index (χ4n) is 4.01. The second-order valence-corrected chi connectivity index (χ2v) is 7.40. The molecule has 2 atom stereocenters. The van der Waals surface area contributed by atoms with E-state index in [1.165, 1.54) is 16.7 Å². The van der Waals surface area contributed by atoms with Crippen molar-refractivity contribution >= 4 is 0 Å². The molecule has 0 saturated carbocycles. The number of benzene rings is 3. The lowest BCUT2D eigenvalue weighted by molar-refractivity contribution is 0.0783. The predicted octanol–water partition coefficient (Wildman–Crippen LogP) is 4.75. The van der Waals surface area contributed by atoms with Gasteiger partial charge in [0.05, 0.1) is 5.54 Å². The Morgan fingerprint density at radius 1 is 0.846 bits per heavy atom. The minimum absolute atomic E-state index is 0.0404. The molecule has 1 N–H and O–H groups in total. The number of hydrogen-bond acceptors (Lipinski definition) is 2. The molecular weight excluding hydrogens is 316 g/mol. The highest BCUT2D eigenvalue weighted by molar-refractivity contribution is 5.28. The molecule has 2 unspecified atom stereocenters. The molecule has 2 nitrogen and oxygen atoms in total. The zero-order valence-electron chi connectivity index (χ0n) is 15.3. The van der Waals surface area contributed by atoms with E-state index in [9.17, 15) is 0 Å². The van der Waals surface area contributed by atoms with E-state index in [1.54, 1.807) is 0 Å². The monoisotopic (exact) mass is 342 g/mol. The summed E-state index contributed by atoms with van der Waals surface area (Å²) in [5, 5.41) is 3.83. The van der Waals surface area contributed by atoms with E-state index in [4.69, 9.17) is 0 Å². The summed E-state index contributed by atoms with van der Waals surface area (Å²) in [6.07, 6.45) is 0. The number of nitrogens with zero attached hydrogens (tertiary/aromatic N) is 1. The van der Waals surface area contributed by atoms with Crippen LogP contribution in [0.2, 0.25) is 0 Å². The van der Waals surface area contributed by atoms with Gasteiger partial charge in [-0.1, -0.05) is 91.0 Å². The lowest BCUT2D eigenvalue weighted by Gasteiger charge is -2.47. The van der Waals surface area contributed by atoms with Crippen molar-refractivity contribution in [3.8, 4) is 0 Å². The summed E-state index contributed by atoms with van der Waals surface area (Å²) in [7, 11) is 0. The Morgan fingerprint density at radius 3 is 2.08 bits per heavy atom. The molecule has 0 amide bonds. The lowest BCUT2D eigenvalue weighted by atomic mass is 9.86. The molecule has 2 heteroatoms. The van der Waals surface area contributed by atoms with Crippen LogP contribution in [-0.2, 0) is 12.1 Å². The van der Waals surface area contributed by atoms with Gasteiger partial charge in [0.25, 0.3) is 0 Å². The Hall–Kier alpha value is -2.42. The third-order valence-electron chi connectivity index (χ3n) is 5.47. The smallest absolute Gasteiger partial charge is 0.0535 e. The fraction of sp³-hybridized carbons (Fsp3) is 0.250. The summed E-state index contributed by atoms with van der Waals surface area (Å²) in [5.41, 5.74) is 4.06. The average molecular weight is 342 g/mol.